The van der Waals surface area contributed by atoms with E-state index in [1.165, 1.54) is 11.3 Å². The monoisotopic (exact) mass is 450 g/mol. The molecule has 1 fully saturated rings. The second kappa shape index (κ2) is 9.91. The number of nitrogens with one attached hydrogen (secondary N) is 1. The van der Waals surface area contributed by atoms with Crippen molar-refractivity contribution in [1.82, 2.24) is 20.2 Å². The Morgan fingerprint density at radius 1 is 1.09 bits per heavy atom. The quantitative estimate of drug-likeness (QED) is 0.613. The number of aromatic nitrogens is 2. The van der Waals surface area contributed by atoms with Gasteiger partial charge in [0, 0.05) is 48.0 Å². The molecular weight excluding hydrogens is 424 g/mol. The number of benzene rings is 1. The van der Waals surface area contributed by atoms with E-state index in [-0.39, 0.29) is 24.0 Å². The standard InChI is InChI=1S/C24H26N4O3S/c1-16(2)31-20-5-3-17(4-6-20)23-27-21(15-32-23)22(29)26-19-9-13-28(14-10-19)24(30)18-7-11-25-12-8-18/h3-8,11-12,15-16,19H,9-10,13-14H2,1-2H3,(H,26,29). The highest BCUT2D eigenvalue weighted by molar-refractivity contribution is 7.13. The topological polar surface area (TPSA) is 84.4 Å². The zero-order valence-electron chi connectivity index (χ0n) is 18.2. The van der Waals surface area contributed by atoms with Crippen molar-refractivity contribution in [3.8, 4) is 16.3 Å². The first-order chi connectivity index (χ1) is 15.5. The molecule has 1 aliphatic heterocycles. The van der Waals surface area contributed by atoms with E-state index in [1.54, 1.807) is 29.9 Å². The van der Waals surface area contributed by atoms with Gasteiger partial charge in [-0.2, -0.15) is 0 Å². The number of hydrogen-bond donors (Lipinski definition) is 1. The van der Waals surface area contributed by atoms with Crippen molar-refractivity contribution in [3.63, 3.8) is 0 Å². The fourth-order valence-corrected chi connectivity index (χ4v) is 4.43. The Labute approximate surface area is 191 Å². The lowest BCUT2D eigenvalue weighted by Gasteiger charge is -2.32. The fourth-order valence-electron chi connectivity index (χ4n) is 3.62. The van der Waals surface area contributed by atoms with Crippen LogP contribution in [0.4, 0.5) is 0 Å². The third-order valence-electron chi connectivity index (χ3n) is 5.25. The van der Waals surface area contributed by atoms with Gasteiger partial charge in [0.15, 0.2) is 0 Å². The molecule has 8 heteroatoms. The third kappa shape index (κ3) is 5.31. The molecule has 166 valence electrons. The fraction of sp³-hybridized carbons (Fsp3) is 0.333. The second-order valence-electron chi connectivity index (χ2n) is 8.00. The molecule has 1 aromatic carbocycles. The lowest BCUT2D eigenvalue weighted by molar-refractivity contribution is 0.0697. The SMILES string of the molecule is CC(C)Oc1ccc(-c2nc(C(=O)NC3CCN(C(=O)c4ccncc4)CC3)cs2)cc1. The summed E-state index contributed by atoms with van der Waals surface area (Å²) >= 11 is 1.44. The molecule has 0 bridgehead atoms. The Morgan fingerprint density at radius 2 is 1.78 bits per heavy atom. The summed E-state index contributed by atoms with van der Waals surface area (Å²) in [6.45, 7) is 5.20. The van der Waals surface area contributed by atoms with Gasteiger partial charge in [-0.3, -0.25) is 14.6 Å². The third-order valence-corrected chi connectivity index (χ3v) is 6.15. The lowest BCUT2D eigenvalue weighted by Crippen LogP contribution is -2.46. The number of rotatable bonds is 6. The molecule has 3 heterocycles. The normalized spacial score (nSPS) is 14.4. The molecular formula is C24H26N4O3S. The van der Waals surface area contributed by atoms with E-state index in [9.17, 15) is 9.59 Å². The number of amides is 2. The van der Waals surface area contributed by atoms with Gasteiger partial charge < -0.3 is 15.0 Å². The van der Waals surface area contributed by atoms with Crippen LogP contribution in [0.1, 0.15) is 47.5 Å². The van der Waals surface area contributed by atoms with Crippen LogP contribution in [-0.2, 0) is 0 Å². The van der Waals surface area contributed by atoms with Gasteiger partial charge in [-0.05, 0) is 63.1 Å². The van der Waals surface area contributed by atoms with Crippen molar-refractivity contribution in [2.75, 3.05) is 13.1 Å². The average Bonchev–Trinajstić information content (AvgIpc) is 3.30. The first-order valence-corrected chi connectivity index (χ1v) is 11.6. The van der Waals surface area contributed by atoms with Crippen molar-refractivity contribution in [3.05, 3.63) is 65.4 Å². The molecule has 0 saturated carbocycles. The Hall–Kier alpha value is -3.26. The summed E-state index contributed by atoms with van der Waals surface area (Å²) in [6.07, 6.45) is 4.80. The first kappa shape index (κ1) is 22.0. The van der Waals surface area contributed by atoms with Crippen molar-refractivity contribution in [1.29, 1.82) is 0 Å². The molecule has 32 heavy (non-hydrogen) atoms. The summed E-state index contributed by atoms with van der Waals surface area (Å²) in [5.41, 5.74) is 2.01. The Morgan fingerprint density at radius 3 is 2.44 bits per heavy atom. The molecule has 2 aromatic heterocycles. The maximum atomic E-state index is 12.7. The number of piperidine rings is 1. The van der Waals surface area contributed by atoms with Crippen LogP contribution >= 0.6 is 11.3 Å². The molecule has 1 saturated heterocycles. The van der Waals surface area contributed by atoms with Crippen LogP contribution in [-0.4, -0.2) is 51.9 Å². The van der Waals surface area contributed by atoms with Crippen LogP contribution < -0.4 is 10.1 Å². The molecule has 0 radical (unpaired) electrons. The van der Waals surface area contributed by atoms with E-state index in [2.05, 4.69) is 15.3 Å². The van der Waals surface area contributed by atoms with Crippen molar-refractivity contribution in [2.24, 2.45) is 0 Å². The van der Waals surface area contributed by atoms with Crippen LogP contribution in [0.15, 0.2) is 54.2 Å². The highest BCUT2D eigenvalue weighted by atomic mass is 32.1. The van der Waals surface area contributed by atoms with Gasteiger partial charge in [0.1, 0.15) is 16.5 Å². The molecule has 1 N–H and O–H groups in total. The van der Waals surface area contributed by atoms with Crippen molar-refractivity contribution >= 4 is 23.2 Å². The highest BCUT2D eigenvalue weighted by Gasteiger charge is 2.25. The number of ether oxygens (including phenoxy) is 1. The molecule has 0 unspecified atom stereocenters. The van der Waals surface area contributed by atoms with E-state index < -0.39 is 0 Å². The lowest BCUT2D eigenvalue weighted by atomic mass is 10.0. The summed E-state index contributed by atoms with van der Waals surface area (Å²) in [4.78, 5) is 35.5. The van der Waals surface area contributed by atoms with Crippen LogP contribution in [0.3, 0.4) is 0 Å². The van der Waals surface area contributed by atoms with Crippen LogP contribution in [0.5, 0.6) is 5.75 Å². The van der Waals surface area contributed by atoms with Crippen molar-refractivity contribution < 1.29 is 14.3 Å². The summed E-state index contributed by atoms with van der Waals surface area (Å²) in [5.74, 6) is 0.643. The molecule has 0 atom stereocenters. The van der Waals surface area contributed by atoms with Gasteiger partial charge in [-0.1, -0.05) is 0 Å². The number of carbonyl (C=O) groups excluding carboxylic acids is 2. The van der Waals surface area contributed by atoms with Crippen molar-refractivity contribution in [2.45, 2.75) is 38.8 Å². The van der Waals surface area contributed by atoms with Gasteiger partial charge in [-0.15, -0.1) is 11.3 Å². The number of thiazole rings is 1. The Kier molecular flexibility index (Phi) is 6.80. The first-order valence-electron chi connectivity index (χ1n) is 10.7. The Bertz CT molecular complexity index is 1060. The zero-order valence-corrected chi connectivity index (χ0v) is 19.0. The zero-order chi connectivity index (χ0) is 22.5. The average molecular weight is 451 g/mol. The number of pyridine rings is 1. The maximum absolute atomic E-state index is 12.7. The second-order valence-corrected chi connectivity index (χ2v) is 8.86. The van der Waals surface area contributed by atoms with E-state index in [0.717, 1.165) is 29.2 Å². The van der Waals surface area contributed by atoms with Gasteiger partial charge in [0.05, 0.1) is 6.10 Å². The van der Waals surface area contributed by atoms with Gasteiger partial charge in [0.2, 0.25) is 0 Å². The summed E-state index contributed by atoms with van der Waals surface area (Å²) in [7, 11) is 0. The molecule has 2 amide bonds. The maximum Gasteiger partial charge on any atom is 0.270 e. The van der Waals surface area contributed by atoms with Gasteiger partial charge >= 0.3 is 0 Å². The molecule has 3 aromatic rings. The van der Waals surface area contributed by atoms with Crippen LogP contribution in [0.25, 0.3) is 10.6 Å². The molecule has 1 aliphatic rings. The Balaban J connectivity index is 1.31. The molecule has 0 aliphatic carbocycles. The smallest absolute Gasteiger partial charge is 0.270 e. The minimum absolute atomic E-state index is 0.00568. The summed E-state index contributed by atoms with van der Waals surface area (Å²) < 4.78 is 5.67. The molecule has 4 rings (SSSR count). The van der Waals surface area contributed by atoms with Crippen LogP contribution in [0, 0.1) is 0 Å². The predicted octanol–water partition coefficient (Wildman–Crippen LogP) is 4.03. The van der Waals surface area contributed by atoms with E-state index in [4.69, 9.17) is 4.74 Å². The number of carbonyl (C=O) groups is 2. The van der Waals surface area contributed by atoms with E-state index in [0.29, 0.717) is 24.3 Å². The number of likely N-dealkylation sites (tertiary alicyclic amines) is 1. The number of nitrogens with zero attached hydrogens (tertiary/aromatic N) is 3. The molecule has 7 nitrogen and oxygen atoms in total. The molecule has 0 spiro atoms. The summed E-state index contributed by atoms with van der Waals surface area (Å²) in [5, 5.41) is 5.65. The number of hydrogen-bond acceptors (Lipinski definition) is 6. The predicted molar refractivity (Wildman–Crippen MR) is 124 cm³/mol. The largest absolute Gasteiger partial charge is 0.491 e. The van der Waals surface area contributed by atoms with E-state index in [1.807, 2.05) is 43.0 Å². The van der Waals surface area contributed by atoms with E-state index >= 15 is 0 Å². The minimum atomic E-state index is -0.175. The highest BCUT2D eigenvalue weighted by Crippen LogP contribution is 2.26. The van der Waals surface area contributed by atoms with Gasteiger partial charge in [-0.25, -0.2) is 4.98 Å². The van der Waals surface area contributed by atoms with Crippen LogP contribution in [0.2, 0.25) is 0 Å². The minimum Gasteiger partial charge on any atom is -0.491 e. The van der Waals surface area contributed by atoms with Gasteiger partial charge in [0.25, 0.3) is 11.8 Å². The summed E-state index contributed by atoms with van der Waals surface area (Å²) in [6, 6.07) is 11.2.